The number of aromatic nitrogens is 2. The van der Waals surface area contributed by atoms with E-state index in [1.165, 1.54) is 0 Å². The van der Waals surface area contributed by atoms with E-state index >= 15 is 0 Å². The van der Waals surface area contributed by atoms with E-state index in [0.717, 1.165) is 4.88 Å². The SMILES string of the molecule is CCC(CO)N(Cc1cccs1)C(=O)c1cccc(Oc2ncccn2)c1. The maximum atomic E-state index is 13.2. The van der Waals surface area contributed by atoms with Crippen molar-refractivity contribution in [1.82, 2.24) is 14.9 Å². The summed E-state index contributed by atoms with van der Waals surface area (Å²) in [6, 6.07) is 12.5. The summed E-state index contributed by atoms with van der Waals surface area (Å²) < 4.78 is 5.63. The minimum Gasteiger partial charge on any atom is -0.424 e. The molecular weight excluding hydrogens is 362 g/mol. The maximum Gasteiger partial charge on any atom is 0.321 e. The number of benzene rings is 1. The number of ether oxygens (including phenoxy) is 1. The molecule has 0 fully saturated rings. The molecule has 140 valence electrons. The number of thiophene rings is 1. The number of carbonyl (C=O) groups is 1. The van der Waals surface area contributed by atoms with Crippen LogP contribution in [0.1, 0.15) is 28.6 Å². The van der Waals surface area contributed by atoms with E-state index in [2.05, 4.69) is 9.97 Å². The lowest BCUT2D eigenvalue weighted by atomic mass is 10.1. The molecule has 0 bridgehead atoms. The first kappa shape index (κ1) is 19.0. The summed E-state index contributed by atoms with van der Waals surface area (Å²) >= 11 is 1.59. The van der Waals surface area contributed by atoms with Gasteiger partial charge in [0, 0.05) is 22.8 Å². The fourth-order valence-corrected chi connectivity index (χ4v) is 3.39. The molecule has 0 aliphatic heterocycles. The minimum atomic E-state index is -0.248. The fourth-order valence-electron chi connectivity index (χ4n) is 2.69. The number of hydrogen-bond acceptors (Lipinski definition) is 6. The fraction of sp³-hybridized carbons (Fsp3) is 0.250. The Kier molecular flexibility index (Phi) is 6.51. The second-order valence-electron chi connectivity index (χ2n) is 5.92. The lowest BCUT2D eigenvalue weighted by Gasteiger charge is -2.29. The molecule has 0 aliphatic carbocycles. The van der Waals surface area contributed by atoms with Crippen LogP contribution in [0.4, 0.5) is 0 Å². The van der Waals surface area contributed by atoms with Gasteiger partial charge in [0.25, 0.3) is 5.91 Å². The maximum absolute atomic E-state index is 13.2. The van der Waals surface area contributed by atoms with Crippen LogP contribution < -0.4 is 4.74 Å². The molecule has 1 unspecified atom stereocenters. The van der Waals surface area contributed by atoms with Crippen LogP contribution in [-0.2, 0) is 6.54 Å². The van der Waals surface area contributed by atoms with Crippen molar-refractivity contribution in [2.24, 2.45) is 0 Å². The largest absolute Gasteiger partial charge is 0.424 e. The van der Waals surface area contributed by atoms with E-state index in [0.29, 0.717) is 24.3 Å². The van der Waals surface area contributed by atoms with Crippen molar-refractivity contribution in [3.05, 3.63) is 70.7 Å². The van der Waals surface area contributed by atoms with Crippen molar-refractivity contribution < 1.29 is 14.6 Å². The van der Waals surface area contributed by atoms with E-state index in [9.17, 15) is 9.90 Å². The summed E-state index contributed by atoms with van der Waals surface area (Å²) in [5.74, 6) is 0.337. The molecule has 0 saturated carbocycles. The summed E-state index contributed by atoms with van der Waals surface area (Å²) in [6.07, 6.45) is 3.85. The molecule has 0 aliphatic rings. The summed E-state index contributed by atoms with van der Waals surface area (Å²) in [5, 5.41) is 11.7. The third-order valence-electron chi connectivity index (χ3n) is 4.12. The Morgan fingerprint density at radius 1 is 1.22 bits per heavy atom. The average molecular weight is 383 g/mol. The van der Waals surface area contributed by atoms with Gasteiger partial charge in [0.15, 0.2) is 0 Å². The Hall–Kier alpha value is -2.77. The predicted octanol–water partition coefficient (Wildman–Crippen LogP) is 3.74. The van der Waals surface area contributed by atoms with Gasteiger partial charge in [-0.3, -0.25) is 4.79 Å². The zero-order valence-electron chi connectivity index (χ0n) is 15.0. The molecule has 2 aromatic heterocycles. The van der Waals surface area contributed by atoms with Crippen molar-refractivity contribution >= 4 is 17.2 Å². The van der Waals surface area contributed by atoms with E-state index in [1.807, 2.05) is 24.4 Å². The Bertz CT molecular complexity index is 852. The first-order valence-electron chi connectivity index (χ1n) is 8.70. The van der Waals surface area contributed by atoms with E-state index in [4.69, 9.17) is 4.74 Å². The van der Waals surface area contributed by atoms with Gasteiger partial charge in [0.2, 0.25) is 0 Å². The quantitative estimate of drug-likeness (QED) is 0.641. The second kappa shape index (κ2) is 9.25. The van der Waals surface area contributed by atoms with Crippen LogP contribution in [-0.4, -0.2) is 38.5 Å². The van der Waals surface area contributed by atoms with Crippen LogP contribution >= 0.6 is 11.3 Å². The van der Waals surface area contributed by atoms with Crippen LogP contribution in [0.15, 0.2) is 60.2 Å². The van der Waals surface area contributed by atoms with Gasteiger partial charge < -0.3 is 14.7 Å². The first-order chi connectivity index (χ1) is 13.2. The highest BCUT2D eigenvalue weighted by molar-refractivity contribution is 7.09. The highest BCUT2D eigenvalue weighted by atomic mass is 32.1. The molecule has 27 heavy (non-hydrogen) atoms. The molecule has 1 atom stereocenters. The lowest BCUT2D eigenvalue weighted by Crippen LogP contribution is -2.41. The number of rotatable bonds is 8. The zero-order valence-corrected chi connectivity index (χ0v) is 15.8. The lowest BCUT2D eigenvalue weighted by molar-refractivity contribution is 0.0566. The van der Waals surface area contributed by atoms with Crippen LogP contribution in [0.3, 0.4) is 0 Å². The number of nitrogens with zero attached hydrogens (tertiary/aromatic N) is 3. The Morgan fingerprint density at radius 3 is 2.70 bits per heavy atom. The Balaban J connectivity index is 1.83. The Morgan fingerprint density at radius 2 is 2.04 bits per heavy atom. The smallest absolute Gasteiger partial charge is 0.321 e. The van der Waals surface area contributed by atoms with Crippen LogP contribution in [0.5, 0.6) is 11.8 Å². The molecule has 1 aromatic carbocycles. The van der Waals surface area contributed by atoms with Crippen LogP contribution in [0.2, 0.25) is 0 Å². The van der Waals surface area contributed by atoms with Gasteiger partial charge in [0.05, 0.1) is 19.2 Å². The molecule has 3 rings (SSSR count). The number of carbonyl (C=O) groups excluding carboxylic acids is 1. The topological polar surface area (TPSA) is 75.5 Å². The molecule has 6 nitrogen and oxygen atoms in total. The van der Waals surface area contributed by atoms with Crippen molar-refractivity contribution in [2.75, 3.05) is 6.61 Å². The van der Waals surface area contributed by atoms with Gasteiger partial charge in [-0.25, -0.2) is 9.97 Å². The first-order valence-corrected chi connectivity index (χ1v) is 9.58. The highest BCUT2D eigenvalue weighted by Gasteiger charge is 2.24. The molecular formula is C20H21N3O3S. The summed E-state index contributed by atoms with van der Waals surface area (Å²) in [5.41, 5.74) is 0.492. The molecule has 2 heterocycles. The van der Waals surface area contributed by atoms with Gasteiger partial charge in [-0.1, -0.05) is 19.1 Å². The minimum absolute atomic E-state index is 0.0817. The van der Waals surface area contributed by atoms with Crippen molar-refractivity contribution in [3.8, 4) is 11.8 Å². The van der Waals surface area contributed by atoms with Gasteiger partial charge in [-0.15, -0.1) is 11.3 Å². The molecule has 7 heteroatoms. The van der Waals surface area contributed by atoms with Gasteiger partial charge in [0.1, 0.15) is 5.75 Å². The van der Waals surface area contributed by atoms with E-state index in [1.54, 1.807) is 59.0 Å². The third kappa shape index (κ3) is 4.90. The van der Waals surface area contributed by atoms with Crippen molar-refractivity contribution in [1.29, 1.82) is 0 Å². The molecule has 1 N–H and O–H groups in total. The molecule has 0 saturated heterocycles. The highest BCUT2D eigenvalue weighted by Crippen LogP contribution is 2.22. The van der Waals surface area contributed by atoms with Gasteiger partial charge in [-0.2, -0.15) is 0 Å². The third-order valence-corrected chi connectivity index (χ3v) is 4.98. The molecule has 1 amide bonds. The summed E-state index contributed by atoms with van der Waals surface area (Å²) in [7, 11) is 0. The zero-order chi connectivity index (χ0) is 19.1. The van der Waals surface area contributed by atoms with Crippen LogP contribution in [0.25, 0.3) is 0 Å². The standard InChI is InChI=1S/C20H21N3O3S/c1-2-16(14-24)23(13-18-8-4-11-27-18)19(25)15-6-3-7-17(12-15)26-20-21-9-5-10-22-20/h3-12,16,24H,2,13-14H2,1H3. The Labute approximate surface area is 162 Å². The second-order valence-corrected chi connectivity index (χ2v) is 6.95. The number of amides is 1. The van der Waals surface area contributed by atoms with E-state index in [-0.39, 0.29) is 24.6 Å². The van der Waals surface area contributed by atoms with Gasteiger partial charge >= 0.3 is 6.01 Å². The van der Waals surface area contributed by atoms with Gasteiger partial charge in [-0.05, 0) is 42.1 Å². The number of hydrogen-bond donors (Lipinski definition) is 1. The van der Waals surface area contributed by atoms with E-state index < -0.39 is 0 Å². The van der Waals surface area contributed by atoms with Crippen LogP contribution in [0, 0.1) is 0 Å². The monoisotopic (exact) mass is 383 g/mol. The molecule has 0 radical (unpaired) electrons. The summed E-state index contributed by atoms with van der Waals surface area (Å²) in [6.45, 7) is 2.34. The number of aliphatic hydroxyl groups excluding tert-OH is 1. The molecule has 0 spiro atoms. The van der Waals surface area contributed by atoms with Crippen molar-refractivity contribution in [3.63, 3.8) is 0 Å². The normalized spacial score (nSPS) is 11.8. The average Bonchev–Trinajstić information content (AvgIpc) is 3.22. The summed E-state index contributed by atoms with van der Waals surface area (Å²) in [4.78, 5) is 24.0. The number of aliphatic hydroxyl groups is 1. The predicted molar refractivity (Wildman–Crippen MR) is 104 cm³/mol. The molecule has 3 aromatic rings. The van der Waals surface area contributed by atoms with Crippen molar-refractivity contribution in [2.45, 2.75) is 25.9 Å².